The molecule has 9 heteroatoms. The van der Waals surface area contributed by atoms with Crippen molar-refractivity contribution in [2.75, 3.05) is 18.4 Å². The van der Waals surface area contributed by atoms with Crippen LogP contribution >= 0.6 is 39.1 Å². The molecule has 1 N–H and O–H groups in total. The molecule has 1 unspecified atom stereocenters. The number of hydrogen-bond acceptors (Lipinski definition) is 3. The van der Waals surface area contributed by atoms with Gasteiger partial charge in [-0.3, -0.25) is 4.79 Å². The quantitative estimate of drug-likeness (QED) is 0.587. The number of benzene rings is 2. The number of amides is 1. The van der Waals surface area contributed by atoms with Gasteiger partial charge in [0.05, 0.1) is 10.9 Å². The van der Waals surface area contributed by atoms with Gasteiger partial charge in [0.15, 0.2) is 0 Å². The Morgan fingerprint density at radius 2 is 1.83 bits per heavy atom. The number of piperidine rings is 1. The molecular weight excluding hydrogens is 499 g/mol. The maximum atomic E-state index is 13.1. The van der Waals surface area contributed by atoms with Gasteiger partial charge in [0.1, 0.15) is 4.90 Å². The number of carbonyl (C=O) groups excluding carboxylic acids is 1. The first kappa shape index (κ1) is 22.6. The second kappa shape index (κ2) is 8.94. The molecule has 0 bridgehead atoms. The van der Waals surface area contributed by atoms with Crippen LogP contribution in [0, 0.1) is 19.8 Å². The Balaban J connectivity index is 1.80. The summed E-state index contributed by atoms with van der Waals surface area (Å²) in [5.74, 6) is -0.630. The van der Waals surface area contributed by atoms with Crippen LogP contribution in [0.5, 0.6) is 0 Å². The van der Waals surface area contributed by atoms with Crippen molar-refractivity contribution >= 4 is 60.7 Å². The third-order valence-corrected chi connectivity index (χ3v) is 8.05. The van der Waals surface area contributed by atoms with Crippen LogP contribution in [0.25, 0.3) is 0 Å². The Morgan fingerprint density at radius 3 is 2.48 bits per heavy atom. The summed E-state index contributed by atoms with van der Waals surface area (Å²) in [5.41, 5.74) is 2.64. The number of rotatable bonds is 4. The molecule has 1 amide bonds. The molecule has 29 heavy (non-hydrogen) atoms. The van der Waals surface area contributed by atoms with Crippen LogP contribution in [0.4, 0.5) is 5.69 Å². The zero-order chi connectivity index (χ0) is 21.3. The SMILES string of the molecule is Cc1cc(Br)cc(C)c1NC(=O)C1CCCN(S(=O)(=O)c2cc(Cl)ccc2Cl)C1. The molecule has 1 aliphatic rings. The van der Waals surface area contributed by atoms with E-state index in [2.05, 4.69) is 21.2 Å². The lowest BCUT2D eigenvalue weighted by molar-refractivity contribution is -0.120. The van der Waals surface area contributed by atoms with Crippen LogP contribution in [0.2, 0.25) is 10.0 Å². The van der Waals surface area contributed by atoms with Crippen molar-refractivity contribution in [3.8, 4) is 0 Å². The maximum Gasteiger partial charge on any atom is 0.244 e. The van der Waals surface area contributed by atoms with E-state index in [1.807, 2.05) is 26.0 Å². The predicted molar refractivity (Wildman–Crippen MR) is 120 cm³/mol. The smallest absolute Gasteiger partial charge is 0.244 e. The van der Waals surface area contributed by atoms with Crippen LogP contribution in [0.15, 0.2) is 39.7 Å². The third kappa shape index (κ3) is 4.97. The van der Waals surface area contributed by atoms with Crippen LogP contribution in [0.3, 0.4) is 0 Å². The Morgan fingerprint density at radius 1 is 1.17 bits per heavy atom. The van der Waals surface area contributed by atoms with E-state index >= 15 is 0 Å². The van der Waals surface area contributed by atoms with Gasteiger partial charge in [0, 0.05) is 28.3 Å². The van der Waals surface area contributed by atoms with Gasteiger partial charge in [-0.25, -0.2) is 8.42 Å². The molecule has 1 heterocycles. The fourth-order valence-corrected chi connectivity index (χ4v) is 6.47. The second-order valence-corrected chi connectivity index (χ2v) is 10.8. The van der Waals surface area contributed by atoms with E-state index in [9.17, 15) is 13.2 Å². The van der Waals surface area contributed by atoms with E-state index in [-0.39, 0.29) is 22.4 Å². The van der Waals surface area contributed by atoms with Gasteiger partial charge >= 0.3 is 0 Å². The normalized spacial score (nSPS) is 17.9. The highest BCUT2D eigenvalue weighted by Gasteiger charge is 2.34. The van der Waals surface area contributed by atoms with E-state index in [4.69, 9.17) is 23.2 Å². The number of sulfonamides is 1. The van der Waals surface area contributed by atoms with E-state index in [1.54, 1.807) is 0 Å². The molecule has 0 aliphatic carbocycles. The molecule has 0 aromatic heterocycles. The summed E-state index contributed by atoms with van der Waals surface area (Å²) in [4.78, 5) is 12.9. The van der Waals surface area contributed by atoms with Crippen molar-refractivity contribution in [2.45, 2.75) is 31.6 Å². The number of nitrogens with zero attached hydrogens (tertiary/aromatic N) is 1. The lowest BCUT2D eigenvalue weighted by atomic mass is 9.98. The average molecular weight is 520 g/mol. The van der Waals surface area contributed by atoms with Crippen molar-refractivity contribution in [1.82, 2.24) is 4.31 Å². The summed E-state index contributed by atoms with van der Waals surface area (Å²) >= 11 is 15.5. The molecule has 0 saturated carbocycles. The summed E-state index contributed by atoms with van der Waals surface area (Å²) in [5, 5.41) is 3.38. The molecule has 0 spiro atoms. The van der Waals surface area contributed by atoms with Gasteiger partial charge in [-0.15, -0.1) is 0 Å². The summed E-state index contributed by atoms with van der Waals surface area (Å²) in [7, 11) is -3.85. The average Bonchev–Trinajstić information content (AvgIpc) is 2.66. The molecule has 156 valence electrons. The van der Waals surface area contributed by atoms with E-state index in [0.29, 0.717) is 24.4 Å². The zero-order valence-corrected chi connectivity index (χ0v) is 19.9. The van der Waals surface area contributed by atoms with Gasteiger partial charge < -0.3 is 5.32 Å². The highest BCUT2D eigenvalue weighted by Crippen LogP contribution is 2.31. The molecule has 2 aromatic carbocycles. The standard InChI is InChI=1S/C20H21BrCl2N2O3S/c1-12-8-15(21)9-13(2)19(12)24-20(26)14-4-3-7-25(11-14)29(27,28)18-10-16(22)5-6-17(18)23/h5-6,8-10,14H,3-4,7,11H2,1-2H3,(H,24,26). The molecule has 2 aromatic rings. The summed E-state index contributed by atoms with van der Waals surface area (Å²) in [6, 6.07) is 8.21. The van der Waals surface area contributed by atoms with Gasteiger partial charge in [-0.2, -0.15) is 4.31 Å². The number of anilines is 1. The molecule has 1 saturated heterocycles. The van der Waals surface area contributed by atoms with Gasteiger partial charge in [0.2, 0.25) is 15.9 Å². The minimum absolute atomic E-state index is 0.0349. The van der Waals surface area contributed by atoms with Crippen LogP contribution in [-0.4, -0.2) is 31.7 Å². The molecule has 3 rings (SSSR count). The second-order valence-electron chi connectivity index (χ2n) is 7.18. The van der Waals surface area contributed by atoms with Crippen LogP contribution < -0.4 is 5.32 Å². The van der Waals surface area contributed by atoms with E-state index < -0.39 is 15.9 Å². The number of aryl methyl sites for hydroxylation is 2. The zero-order valence-electron chi connectivity index (χ0n) is 16.0. The number of halogens is 3. The van der Waals surface area contributed by atoms with Gasteiger partial charge in [0.25, 0.3) is 0 Å². The lowest BCUT2D eigenvalue weighted by Crippen LogP contribution is -2.43. The number of carbonyl (C=O) groups is 1. The number of nitrogens with one attached hydrogen (secondary N) is 1. The largest absolute Gasteiger partial charge is 0.325 e. The Kier molecular flexibility index (Phi) is 6.95. The molecule has 0 radical (unpaired) electrons. The van der Waals surface area contributed by atoms with Crippen molar-refractivity contribution in [1.29, 1.82) is 0 Å². The van der Waals surface area contributed by atoms with Crippen molar-refractivity contribution < 1.29 is 13.2 Å². The van der Waals surface area contributed by atoms with E-state index in [0.717, 1.165) is 21.3 Å². The molecule has 1 atom stereocenters. The third-order valence-electron chi connectivity index (χ3n) is 5.01. The first-order chi connectivity index (χ1) is 13.6. The van der Waals surface area contributed by atoms with Gasteiger partial charge in [-0.1, -0.05) is 39.1 Å². The summed E-state index contributed by atoms with van der Waals surface area (Å²) in [6.07, 6.45) is 1.21. The summed E-state index contributed by atoms with van der Waals surface area (Å²) < 4.78 is 28.4. The highest BCUT2D eigenvalue weighted by molar-refractivity contribution is 9.10. The van der Waals surface area contributed by atoms with Crippen LogP contribution in [-0.2, 0) is 14.8 Å². The minimum atomic E-state index is -3.85. The molecule has 1 aliphatic heterocycles. The Labute approximate surface area is 189 Å². The first-order valence-corrected chi connectivity index (χ1v) is 12.1. The fourth-order valence-electron chi connectivity index (χ4n) is 3.52. The predicted octanol–water partition coefficient (Wildman–Crippen LogP) is 5.41. The van der Waals surface area contributed by atoms with Crippen molar-refractivity contribution in [2.24, 2.45) is 5.92 Å². The lowest BCUT2D eigenvalue weighted by Gasteiger charge is -2.31. The molecular formula is C20H21BrCl2N2O3S. The summed E-state index contributed by atoms with van der Waals surface area (Å²) in [6.45, 7) is 4.29. The topological polar surface area (TPSA) is 66.5 Å². The number of hydrogen-bond donors (Lipinski definition) is 1. The maximum absolute atomic E-state index is 13.1. The Hall–Kier alpha value is -1.12. The Bertz CT molecular complexity index is 1040. The first-order valence-electron chi connectivity index (χ1n) is 9.12. The van der Waals surface area contributed by atoms with Crippen molar-refractivity contribution in [3.63, 3.8) is 0 Å². The van der Waals surface area contributed by atoms with Crippen molar-refractivity contribution in [3.05, 3.63) is 56.0 Å². The minimum Gasteiger partial charge on any atom is -0.325 e. The van der Waals surface area contributed by atoms with E-state index in [1.165, 1.54) is 22.5 Å². The molecule has 1 fully saturated rings. The highest BCUT2D eigenvalue weighted by atomic mass is 79.9. The van der Waals surface area contributed by atoms with Gasteiger partial charge in [-0.05, 0) is 68.1 Å². The molecule has 5 nitrogen and oxygen atoms in total. The fraction of sp³-hybridized carbons (Fsp3) is 0.350. The monoisotopic (exact) mass is 518 g/mol. The van der Waals surface area contributed by atoms with Crippen LogP contribution in [0.1, 0.15) is 24.0 Å².